The van der Waals surface area contributed by atoms with Crippen LogP contribution in [0.1, 0.15) is 20.8 Å². The van der Waals surface area contributed by atoms with E-state index in [1.54, 1.807) is 0 Å². The molecule has 3 aromatic rings. The topological polar surface area (TPSA) is 95.5 Å². The molecule has 1 aromatic carbocycles. The van der Waals surface area contributed by atoms with Crippen molar-refractivity contribution in [3.63, 3.8) is 0 Å². The molecule has 0 unspecified atom stereocenters. The van der Waals surface area contributed by atoms with Gasteiger partial charge in [-0.05, 0) is 30.2 Å². The molecule has 0 aliphatic carbocycles. The van der Waals surface area contributed by atoms with E-state index in [0.717, 1.165) is 21.4 Å². The minimum atomic E-state index is -0.937. The number of thiophene rings is 1. The van der Waals surface area contributed by atoms with Gasteiger partial charge in [-0.2, -0.15) is 0 Å². The van der Waals surface area contributed by atoms with E-state index in [0.29, 0.717) is 36.4 Å². The predicted molar refractivity (Wildman–Crippen MR) is 92.8 cm³/mol. The molecule has 3 heterocycles. The molecule has 0 atom stereocenters. The van der Waals surface area contributed by atoms with Gasteiger partial charge >= 0.3 is 12.1 Å². The number of carbonyl (C=O) groups is 2. The summed E-state index contributed by atoms with van der Waals surface area (Å²) < 4.78 is 18.5. The molecule has 0 saturated carbocycles. The third-order valence-corrected chi connectivity index (χ3v) is 5.51. The van der Waals surface area contributed by atoms with Crippen molar-refractivity contribution >= 4 is 34.4 Å². The van der Waals surface area contributed by atoms with Crippen LogP contribution in [-0.4, -0.2) is 45.7 Å². The number of aromatic nitrogens is 2. The number of rotatable bonds is 2. The molecule has 2 N–H and O–H groups in total. The normalized spacial score (nSPS) is 13.7. The number of hydrogen-bond acceptors (Lipinski definition) is 5. The Morgan fingerprint density at radius 2 is 2.19 bits per heavy atom. The summed E-state index contributed by atoms with van der Waals surface area (Å²) in [5, 5.41) is 9.15. The van der Waals surface area contributed by atoms with Crippen LogP contribution in [0.3, 0.4) is 0 Å². The second-order valence-corrected chi connectivity index (χ2v) is 7.08. The first-order valence-corrected chi connectivity index (χ1v) is 8.65. The molecule has 9 heteroatoms. The molecule has 1 amide bonds. The van der Waals surface area contributed by atoms with Crippen molar-refractivity contribution in [2.75, 3.05) is 13.7 Å². The smallest absolute Gasteiger partial charge is 0.407 e. The number of carbonyl (C=O) groups excluding carboxylic acids is 1. The second-order valence-electron chi connectivity index (χ2n) is 5.94. The Bertz CT molecular complexity index is 1040. The van der Waals surface area contributed by atoms with Crippen molar-refractivity contribution in [1.82, 2.24) is 14.9 Å². The molecule has 7 nitrogen and oxygen atoms in total. The number of esters is 1. The highest BCUT2D eigenvalue weighted by Gasteiger charge is 2.24. The Morgan fingerprint density at radius 3 is 2.92 bits per heavy atom. The first-order chi connectivity index (χ1) is 12.5. The van der Waals surface area contributed by atoms with Gasteiger partial charge in [-0.15, -0.1) is 11.3 Å². The van der Waals surface area contributed by atoms with Gasteiger partial charge in [0, 0.05) is 11.4 Å². The molecule has 0 bridgehead atoms. The van der Waals surface area contributed by atoms with E-state index in [1.165, 1.54) is 29.4 Å². The number of benzene rings is 1. The van der Waals surface area contributed by atoms with Crippen LogP contribution in [0.25, 0.3) is 21.7 Å². The summed E-state index contributed by atoms with van der Waals surface area (Å²) in [5.74, 6) is -0.706. The maximum absolute atomic E-state index is 13.8. The van der Waals surface area contributed by atoms with Crippen LogP contribution < -0.4 is 0 Å². The van der Waals surface area contributed by atoms with Crippen LogP contribution in [0.2, 0.25) is 0 Å². The quantitative estimate of drug-likeness (QED) is 0.671. The number of fused-ring (bicyclic) bond motifs is 2. The highest BCUT2D eigenvalue weighted by molar-refractivity contribution is 7.15. The third kappa shape index (κ3) is 2.70. The van der Waals surface area contributed by atoms with E-state index in [9.17, 15) is 14.0 Å². The Hall–Kier alpha value is -2.94. The highest BCUT2D eigenvalue weighted by atomic mass is 32.1. The molecule has 26 heavy (non-hydrogen) atoms. The lowest BCUT2D eigenvalue weighted by Gasteiger charge is -2.23. The van der Waals surface area contributed by atoms with Gasteiger partial charge in [0.25, 0.3) is 0 Å². The summed E-state index contributed by atoms with van der Waals surface area (Å²) >= 11 is 1.44. The summed E-state index contributed by atoms with van der Waals surface area (Å²) in [6, 6.07) is 4.34. The number of imidazole rings is 1. The van der Waals surface area contributed by atoms with E-state index in [2.05, 4.69) is 9.97 Å². The fraction of sp³-hybridized carbons (Fsp3) is 0.235. The van der Waals surface area contributed by atoms with Gasteiger partial charge in [0.05, 0.1) is 29.6 Å². The first-order valence-electron chi connectivity index (χ1n) is 7.83. The molecule has 1 aliphatic heterocycles. The van der Waals surface area contributed by atoms with E-state index in [-0.39, 0.29) is 5.56 Å². The van der Waals surface area contributed by atoms with Gasteiger partial charge in [0.1, 0.15) is 17.2 Å². The van der Waals surface area contributed by atoms with Gasteiger partial charge < -0.3 is 19.7 Å². The predicted octanol–water partition coefficient (Wildman–Crippen LogP) is 3.25. The van der Waals surface area contributed by atoms with Crippen molar-refractivity contribution in [3.8, 4) is 10.7 Å². The van der Waals surface area contributed by atoms with Crippen LogP contribution in [0.5, 0.6) is 0 Å². The van der Waals surface area contributed by atoms with Gasteiger partial charge in [-0.1, -0.05) is 0 Å². The Labute approximate surface area is 151 Å². The molecule has 0 saturated heterocycles. The summed E-state index contributed by atoms with van der Waals surface area (Å²) in [5.41, 5.74) is 1.89. The number of carboxylic acid groups (broad SMARTS) is 1. The Balaban J connectivity index is 1.77. The van der Waals surface area contributed by atoms with Crippen LogP contribution in [0.4, 0.5) is 9.18 Å². The second kappa shape index (κ2) is 6.10. The molecular formula is C17H14FN3O4S. The van der Waals surface area contributed by atoms with Gasteiger partial charge in [0.2, 0.25) is 0 Å². The monoisotopic (exact) mass is 375 g/mol. The maximum Gasteiger partial charge on any atom is 0.407 e. The molecule has 134 valence electrons. The van der Waals surface area contributed by atoms with E-state index in [4.69, 9.17) is 9.84 Å². The molecule has 4 rings (SSSR count). The van der Waals surface area contributed by atoms with Crippen molar-refractivity contribution in [1.29, 1.82) is 0 Å². The fourth-order valence-corrected chi connectivity index (χ4v) is 4.24. The fourth-order valence-electron chi connectivity index (χ4n) is 3.06. The first kappa shape index (κ1) is 16.5. The molecular weight excluding hydrogens is 361 g/mol. The van der Waals surface area contributed by atoms with Crippen LogP contribution in [0.15, 0.2) is 18.2 Å². The average molecular weight is 375 g/mol. The Kier molecular flexibility index (Phi) is 3.87. The summed E-state index contributed by atoms with van der Waals surface area (Å²) in [6.07, 6.45) is -0.298. The third-order valence-electron chi connectivity index (χ3n) is 4.34. The molecule has 0 spiro atoms. The number of nitrogens with zero attached hydrogens (tertiary/aromatic N) is 2. The minimum absolute atomic E-state index is 0.0587. The summed E-state index contributed by atoms with van der Waals surface area (Å²) in [4.78, 5) is 33.7. The lowest BCUT2D eigenvalue weighted by Crippen LogP contribution is -2.33. The summed E-state index contributed by atoms with van der Waals surface area (Å²) in [7, 11) is 1.23. The Morgan fingerprint density at radius 1 is 1.38 bits per heavy atom. The number of amides is 1. The zero-order valence-electron chi connectivity index (χ0n) is 13.7. The molecule has 0 radical (unpaired) electrons. The van der Waals surface area contributed by atoms with Crippen molar-refractivity contribution in [2.45, 2.75) is 13.0 Å². The number of nitrogens with one attached hydrogen (secondary N) is 1. The van der Waals surface area contributed by atoms with Crippen LogP contribution in [0, 0.1) is 5.82 Å². The standard InChI is InChI=1S/C17H14FN3O4S/c1-25-16(22)10-5-9(18)6-11-14(10)20-15(19-11)12-4-8-2-3-21(17(23)24)7-13(8)26-12/h4-6H,2-3,7H2,1H3,(H,19,20)(H,23,24). The number of ether oxygens (including phenoxy) is 1. The zero-order valence-corrected chi connectivity index (χ0v) is 14.5. The number of aromatic amines is 1. The zero-order chi connectivity index (χ0) is 18.4. The SMILES string of the molecule is COC(=O)c1cc(F)cc2[nH]c(-c3cc4c(s3)CN(C(=O)O)CC4)nc12. The van der Waals surface area contributed by atoms with Crippen LogP contribution in [-0.2, 0) is 17.7 Å². The molecule has 1 aliphatic rings. The van der Waals surface area contributed by atoms with E-state index in [1.807, 2.05) is 6.07 Å². The molecule has 2 aromatic heterocycles. The van der Waals surface area contributed by atoms with E-state index >= 15 is 0 Å². The highest BCUT2D eigenvalue weighted by Crippen LogP contribution is 2.35. The lowest BCUT2D eigenvalue weighted by atomic mass is 10.1. The number of hydrogen-bond donors (Lipinski definition) is 2. The molecule has 0 fully saturated rings. The van der Waals surface area contributed by atoms with Crippen molar-refractivity contribution in [2.24, 2.45) is 0 Å². The van der Waals surface area contributed by atoms with Crippen LogP contribution >= 0.6 is 11.3 Å². The van der Waals surface area contributed by atoms with Gasteiger partial charge in [0.15, 0.2) is 0 Å². The maximum atomic E-state index is 13.8. The largest absolute Gasteiger partial charge is 0.465 e. The van der Waals surface area contributed by atoms with Gasteiger partial charge in [-0.25, -0.2) is 19.0 Å². The van der Waals surface area contributed by atoms with Gasteiger partial charge in [-0.3, -0.25) is 0 Å². The number of methoxy groups -OCH3 is 1. The van der Waals surface area contributed by atoms with E-state index < -0.39 is 17.9 Å². The average Bonchev–Trinajstić information content (AvgIpc) is 3.22. The number of H-pyrrole nitrogens is 1. The number of halogens is 1. The summed E-state index contributed by atoms with van der Waals surface area (Å²) in [6.45, 7) is 0.800. The van der Waals surface area contributed by atoms with Crippen molar-refractivity contribution in [3.05, 3.63) is 40.0 Å². The minimum Gasteiger partial charge on any atom is -0.465 e. The van der Waals surface area contributed by atoms with Crippen molar-refractivity contribution < 1.29 is 23.8 Å². The lowest BCUT2D eigenvalue weighted by molar-refractivity contribution is 0.0602.